The molecule has 6 heteroatoms. The van der Waals surface area contributed by atoms with E-state index in [4.69, 9.17) is 23.2 Å². The molecule has 0 aliphatic carbocycles. The second-order valence-electron chi connectivity index (χ2n) is 4.29. The van der Waals surface area contributed by atoms with Crippen LogP contribution < -0.4 is 5.32 Å². The first-order valence-electron chi connectivity index (χ1n) is 5.94. The standard InChI is InChI=1S/C14H10Cl2N4/c1-8-7-18-14(16)20-13(8)19-11-5-4-10(15)9-3-2-6-17-12(9)11/h2-7H,1H3,(H,18,19,20). The largest absolute Gasteiger partial charge is 0.338 e. The number of aryl methyl sites for hydroxylation is 1. The number of nitrogens with one attached hydrogen (secondary N) is 1. The smallest absolute Gasteiger partial charge is 0.224 e. The number of hydrogen-bond donors (Lipinski definition) is 1. The van der Waals surface area contributed by atoms with Crippen molar-refractivity contribution in [3.8, 4) is 0 Å². The zero-order valence-corrected chi connectivity index (χ0v) is 12.1. The Morgan fingerprint density at radius 2 is 1.95 bits per heavy atom. The Kier molecular flexibility index (Phi) is 3.42. The highest BCUT2D eigenvalue weighted by Gasteiger charge is 2.08. The number of fused-ring (bicyclic) bond motifs is 1. The van der Waals surface area contributed by atoms with Crippen LogP contribution in [0.25, 0.3) is 10.9 Å². The summed E-state index contributed by atoms with van der Waals surface area (Å²) in [6.45, 7) is 1.91. The number of rotatable bonds is 2. The van der Waals surface area contributed by atoms with Crippen LogP contribution >= 0.6 is 23.2 Å². The van der Waals surface area contributed by atoms with E-state index < -0.39 is 0 Å². The van der Waals surface area contributed by atoms with Crippen LogP contribution in [0.2, 0.25) is 10.3 Å². The molecule has 0 fully saturated rings. The first kappa shape index (κ1) is 13.1. The summed E-state index contributed by atoms with van der Waals surface area (Å²) >= 11 is 12.0. The molecular weight excluding hydrogens is 295 g/mol. The van der Waals surface area contributed by atoms with Gasteiger partial charge in [0.15, 0.2) is 0 Å². The third kappa shape index (κ3) is 2.40. The van der Waals surface area contributed by atoms with Gasteiger partial charge in [-0.1, -0.05) is 11.6 Å². The van der Waals surface area contributed by atoms with Gasteiger partial charge in [-0.05, 0) is 42.8 Å². The molecule has 2 aromatic heterocycles. The molecular formula is C14H10Cl2N4. The second kappa shape index (κ2) is 5.23. The quantitative estimate of drug-likeness (QED) is 0.714. The number of nitrogens with zero attached hydrogens (tertiary/aromatic N) is 3. The van der Waals surface area contributed by atoms with E-state index in [2.05, 4.69) is 20.3 Å². The van der Waals surface area contributed by atoms with E-state index in [0.717, 1.165) is 22.2 Å². The maximum atomic E-state index is 6.17. The lowest BCUT2D eigenvalue weighted by Gasteiger charge is -2.11. The molecule has 0 radical (unpaired) electrons. The summed E-state index contributed by atoms with van der Waals surface area (Å²) in [5, 5.41) is 4.97. The molecule has 0 unspecified atom stereocenters. The molecule has 0 amide bonds. The van der Waals surface area contributed by atoms with Gasteiger partial charge in [0.05, 0.1) is 16.2 Å². The van der Waals surface area contributed by atoms with Gasteiger partial charge in [-0.3, -0.25) is 4.98 Å². The molecule has 0 aliphatic rings. The van der Waals surface area contributed by atoms with Gasteiger partial charge < -0.3 is 5.32 Å². The van der Waals surface area contributed by atoms with E-state index in [-0.39, 0.29) is 5.28 Å². The first-order chi connectivity index (χ1) is 9.65. The van der Waals surface area contributed by atoms with E-state index in [0.29, 0.717) is 10.8 Å². The molecule has 3 aromatic rings. The minimum atomic E-state index is 0.198. The summed E-state index contributed by atoms with van der Waals surface area (Å²) in [5.41, 5.74) is 2.51. The van der Waals surface area contributed by atoms with Crippen molar-refractivity contribution < 1.29 is 0 Å². The first-order valence-corrected chi connectivity index (χ1v) is 6.70. The summed E-state index contributed by atoms with van der Waals surface area (Å²) in [4.78, 5) is 12.5. The van der Waals surface area contributed by atoms with Crippen LogP contribution in [0.15, 0.2) is 36.7 Å². The fourth-order valence-electron chi connectivity index (χ4n) is 1.91. The predicted molar refractivity (Wildman–Crippen MR) is 81.8 cm³/mol. The van der Waals surface area contributed by atoms with Gasteiger partial charge in [0.1, 0.15) is 5.82 Å². The molecule has 0 saturated heterocycles. The van der Waals surface area contributed by atoms with Gasteiger partial charge in [-0.25, -0.2) is 9.97 Å². The zero-order valence-electron chi connectivity index (χ0n) is 10.6. The van der Waals surface area contributed by atoms with Crippen molar-refractivity contribution in [1.29, 1.82) is 0 Å². The SMILES string of the molecule is Cc1cnc(Cl)nc1Nc1ccc(Cl)c2cccnc12. The average molecular weight is 305 g/mol. The Morgan fingerprint density at radius 1 is 1.10 bits per heavy atom. The molecule has 1 aromatic carbocycles. The highest BCUT2D eigenvalue weighted by atomic mass is 35.5. The highest BCUT2D eigenvalue weighted by Crippen LogP contribution is 2.30. The lowest BCUT2D eigenvalue weighted by molar-refractivity contribution is 1.13. The molecule has 100 valence electrons. The molecule has 20 heavy (non-hydrogen) atoms. The van der Waals surface area contributed by atoms with Crippen LogP contribution in [0.4, 0.5) is 11.5 Å². The average Bonchev–Trinajstić information content (AvgIpc) is 2.46. The van der Waals surface area contributed by atoms with E-state index >= 15 is 0 Å². The molecule has 1 N–H and O–H groups in total. The summed E-state index contributed by atoms with van der Waals surface area (Å²) in [6, 6.07) is 7.47. The summed E-state index contributed by atoms with van der Waals surface area (Å²) in [7, 11) is 0. The van der Waals surface area contributed by atoms with Gasteiger partial charge in [0.25, 0.3) is 0 Å². The maximum absolute atomic E-state index is 6.17. The maximum Gasteiger partial charge on any atom is 0.224 e. The van der Waals surface area contributed by atoms with Crippen LogP contribution in [0.1, 0.15) is 5.56 Å². The lowest BCUT2D eigenvalue weighted by Crippen LogP contribution is -1.99. The fourth-order valence-corrected chi connectivity index (χ4v) is 2.26. The number of anilines is 2. The second-order valence-corrected chi connectivity index (χ2v) is 5.04. The summed E-state index contributed by atoms with van der Waals surface area (Å²) in [5.74, 6) is 0.652. The van der Waals surface area contributed by atoms with Crippen LogP contribution in [0, 0.1) is 6.92 Å². The van der Waals surface area contributed by atoms with Gasteiger partial charge in [0.2, 0.25) is 5.28 Å². The Morgan fingerprint density at radius 3 is 2.80 bits per heavy atom. The van der Waals surface area contributed by atoms with Gasteiger partial charge in [-0.15, -0.1) is 0 Å². The number of benzene rings is 1. The van der Waals surface area contributed by atoms with Crippen molar-refractivity contribution >= 4 is 45.6 Å². The van der Waals surface area contributed by atoms with Gasteiger partial charge >= 0.3 is 0 Å². The van der Waals surface area contributed by atoms with Crippen LogP contribution in [0.3, 0.4) is 0 Å². The molecule has 3 rings (SSSR count). The number of pyridine rings is 1. The normalized spacial score (nSPS) is 10.8. The van der Waals surface area contributed by atoms with Crippen LogP contribution in [-0.2, 0) is 0 Å². The molecule has 0 bridgehead atoms. The lowest BCUT2D eigenvalue weighted by atomic mass is 10.2. The third-order valence-electron chi connectivity index (χ3n) is 2.91. The Bertz CT molecular complexity index is 789. The molecule has 0 saturated carbocycles. The Balaban J connectivity index is 2.11. The third-order valence-corrected chi connectivity index (χ3v) is 3.42. The number of aromatic nitrogens is 3. The van der Waals surface area contributed by atoms with E-state index in [1.165, 1.54) is 0 Å². The number of hydrogen-bond acceptors (Lipinski definition) is 4. The Labute approximate surface area is 125 Å². The van der Waals surface area contributed by atoms with E-state index in [1.54, 1.807) is 12.4 Å². The predicted octanol–water partition coefficient (Wildman–Crippen LogP) is 4.38. The minimum Gasteiger partial charge on any atom is -0.338 e. The topological polar surface area (TPSA) is 50.7 Å². The van der Waals surface area contributed by atoms with Gasteiger partial charge in [-0.2, -0.15) is 0 Å². The Hall–Kier alpha value is -1.91. The van der Waals surface area contributed by atoms with Crippen molar-refractivity contribution in [2.75, 3.05) is 5.32 Å². The molecule has 4 nitrogen and oxygen atoms in total. The molecule has 0 atom stereocenters. The van der Waals surface area contributed by atoms with Crippen molar-refractivity contribution in [3.05, 3.63) is 52.5 Å². The molecule has 0 spiro atoms. The van der Waals surface area contributed by atoms with E-state index in [9.17, 15) is 0 Å². The molecule has 0 aliphatic heterocycles. The van der Waals surface area contributed by atoms with Crippen LogP contribution in [-0.4, -0.2) is 15.0 Å². The van der Waals surface area contributed by atoms with Crippen molar-refractivity contribution in [2.24, 2.45) is 0 Å². The van der Waals surface area contributed by atoms with Crippen LogP contribution in [0.5, 0.6) is 0 Å². The van der Waals surface area contributed by atoms with Crippen molar-refractivity contribution in [3.63, 3.8) is 0 Å². The van der Waals surface area contributed by atoms with E-state index in [1.807, 2.05) is 31.2 Å². The van der Waals surface area contributed by atoms with Crippen molar-refractivity contribution in [1.82, 2.24) is 15.0 Å². The van der Waals surface area contributed by atoms with Crippen molar-refractivity contribution in [2.45, 2.75) is 6.92 Å². The minimum absolute atomic E-state index is 0.198. The number of halogens is 2. The monoisotopic (exact) mass is 304 g/mol. The zero-order chi connectivity index (χ0) is 14.1. The van der Waals surface area contributed by atoms with Gasteiger partial charge in [0, 0.05) is 23.3 Å². The summed E-state index contributed by atoms with van der Waals surface area (Å²) < 4.78 is 0. The summed E-state index contributed by atoms with van der Waals surface area (Å²) in [6.07, 6.45) is 3.40. The highest BCUT2D eigenvalue weighted by molar-refractivity contribution is 6.35. The fraction of sp³-hybridized carbons (Fsp3) is 0.0714. The molecule has 2 heterocycles.